The molecule has 1 aliphatic rings. The van der Waals surface area contributed by atoms with Crippen LogP contribution in [-0.2, 0) is 19.4 Å². The molecule has 1 fully saturated rings. The Labute approximate surface area is 147 Å². The SMILES string of the molecule is O=C(CSc1nnc(Nc2ccccc2)s1)O[C@H]1CCS(=O)(=O)C1. The lowest BCUT2D eigenvalue weighted by Crippen LogP contribution is -2.20. The van der Waals surface area contributed by atoms with Crippen LogP contribution in [0.15, 0.2) is 34.7 Å². The molecule has 1 saturated heterocycles. The first-order valence-electron chi connectivity index (χ1n) is 7.18. The van der Waals surface area contributed by atoms with Gasteiger partial charge in [0.15, 0.2) is 14.2 Å². The molecule has 1 atom stereocenters. The van der Waals surface area contributed by atoms with Crippen LogP contribution in [0.5, 0.6) is 0 Å². The molecule has 24 heavy (non-hydrogen) atoms. The number of ether oxygens (including phenoxy) is 1. The van der Waals surface area contributed by atoms with E-state index in [1.54, 1.807) is 0 Å². The lowest BCUT2D eigenvalue weighted by Gasteiger charge is -2.09. The summed E-state index contributed by atoms with van der Waals surface area (Å²) in [6.07, 6.45) is -0.143. The van der Waals surface area contributed by atoms with Gasteiger partial charge in [-0.15, -0.1) is 10.2 Å². The predicted octanol–water partition coefficient (Wildman–Crippen LogP) is 2.10. The van der Waals surface area contributed by atoms with Gasteiger partial charge in [-0.05, 0) is 18.6 Å². The van der Waals surface area contributed by atoms with Gasteiger partial charge in [-0.25, -0.2) is 8.42 Å². The molecule has 0 saturated carbocycles. The maximum Gasteiger partial charge on any atom is 0.316 e. The Morgan fingerprint density at radius 1 is 1.33 bits per heavy atom. The highest BCUT2D eigenvalue weighted by Gasteiger charge is 2.30. The number of para-hydroxylation sites is 1. The van der Waals surface area contributed by atoms with Gasteiger partial charge in [0.25, 0.3) is 0 Å². The van der Waals surface area contributed by atoms with Crippen molar-refractivity contribution in [2.45, 2.75) is 16.9 Å². The van der Waals surface area contributed by atoms with E-state index in [9.17, 15) is 13.2 Å². The Balaban J connectivity index is 1.46. The number of thioether (sulfide) groups is 1. The minimum atomic E-state index is -3.05. The molecule has 0 aliphatic carbocycles. The summed E-state index contributed by atoms with van der Waals surface area (Å²) in [5.74, 6) is -0.345. The molecule has 0 amide bonds. The van der Waals surface area contributed by atoms with Gasteiger partial charge in [0.05, 0.1) is 17.3 Å². The van der Waals surface area contributed by atoms with E-state index < -0.39 is 21.9 Å². The summed E-state index contributed by atoms with van der Waals surface area (Å²) in [5, 5.41) is 11.8. The van der Waals surface area contributed by atoms with Crippen LogP contribution in [0.25, 0.3) is 0 Å². The molecule has 1 N–H and O–H groups in total. The second kappa shape index (κ2) is 7.49. The third kappa shape index (κ3) is 4.92. The quantitative estimate of drug-likeness (QED) is 0.596. The monoisotopic (exact) mass is 385 g/mol. The van der Waals surface area contributed by atoms with Crippen LogP contribution in [0.3, 0.4) is 0 Å². The van der Waals surface area contributed by atoms with Crippen LogP contribution in [0.1, 0.15) is 6.42 Å². The lowest BCUT2D eigenvalue weighted by atomic mass is 10.3. The summed E-state index contributed by atoms with van der Waals surface area (Å²) in [6.45, 7) is 0. The summed E-state index contributed by atoms with van der Waals surface area (Å²) in [4.78, 5) is 11.8. The number of carbonyl (C=O) groups excluding carboxylic acids is 1. The van der Waals surface area contributed by atoms with Crippen LogP contribution in [-0.4, -0.2) is 47.9 Å². The minimum Gasteiger partial charge on any atom is -0.461 e. The molecule has 0 bridgehead atoms. The van der Waals surface area contributed by atoms with E-state index >= 15 is 0 Å². The smallest absolute Gasteiger partial charge is 0.316 e. The molecule has 1 aromatic carbocycles. The number of hydrogen-bond acceptors (Lipinski definition) is 9. The second-order valence-electron chi connectivity index (χ2n) is 5.17. The molecule has 7 nitrogen and oxygen atoms in total. The zero-order chi connectivity index (χ0) is 17.0. The zero-order valence-electron chi connectivity index (χ0n) is 12.5. The van der Waals surface area contributed by atoms with Gasteiger partial charge in [0.2, 0.25) is 5.13 Å². The van der Waals surface area contributed by atoms with Crippen molar-refractivity contribution in [1.82, 2.24) is 10.2 Å². The number of benzene rings is 1. The van der Waals surface area contributed by atoms with E-state index in [0.29, 0.717) is 15.9 Å². The van der Waals surface area contributed by atoms with Crippen molar-refractivity contribution in [3.8, 4) is 0 Å². The van der Waals surface area contributed by atoms with Crippen LogP contribution in [0, 0.1) is 0 Å². The van der Waals surface area contributed by atoms with Crippen molar-refractivity contribution >= 4 is 49.7 Å². The summed E-state index contributed by atoms with van der Waals surface area (Å²) < 4.78 is 28.5. The molecule has 1 aliphatic heterocycles. The van der Waals surface area contributed by atoms with Gasteiger partial charge in [-0.3, -0.25) is 4.79 Å². The van der Waals surface area contributed by atoms with Gasteiger partial charge in [0, 0.05) is 5.69 Å². The van der Waals surface area contributed by atoms with E-state index in [0.717, 1.165) is 5.69 Å². The standard InChI is InChI=1S/C14H15N3O4S3/c18-12(21-11-6-7-24(19,20)9-11)8-22-14-17-16-13(23-14)15-10-4-2-1-3-5-10/h1-5,11H,6-9H2,(H,15,16)/t11-/m0/s1. The summed E-state index contributed by atoms with van der Waals surface area (Å²) in [7, 11) is -3.05. The molecule has 0 radical (unpaired) electrons. The number of hydrogen-bond donors (Lipinski definition) is 1. The van der Waals surface area contributed by atoms with Crippen molar-refractivity contribution in [2.75, 3.05) is 22.6 Å². The van der Waals surface area contributed by atoms with Gasteiger partial charge in [-0.1, -0.05) is 41.3 Å². The summed E-state index contributed by atoms with van der Waals surface area (Å²) in [5.41, 5.74) is 0.909. The Bertz CT molecular complexity index is 808. The maximum atomic E-state index is 11.8. The molecule has 0 spiro atoms. The topological polar surface area (TPSA) is 98.2 Å². The highest BCUT2D eigenvalue weighted by atomic mass is 32.2. The molecule has 0 unspecified atom stereocenters. The Morgan fingerprint density at radius 2 is 2.12 bits per heavy atom. The molecule has 10 heteroatoms. The number of nitrogens with zero attached hydrogens (tertiary/aromatic N) is 2. The fraction of sp³-hybridized carbons (Fsp3) is 0.357. The number of esters is 1. The van der Waals surface area contributed by atoms with Crippen LogP contribution < -0.4 is 5.32 Å². The lowest BCUT2D eigenvalue weighted by molar-refractivity contribution is -0.144. The maximum absolute atomic E-state index is 11.8. The first kappa shape index (κ1) is 17.2. The molecule has 2 aromatic rings. The first-order valence-corrected chi connectivity index (χ1v) is 10.8. The fourth-order valence-corrected chi connectivity index (χ4v) is 5.30. The van der Waals surface area contributed by atoms with Gasteiger partial charge < -0.3 is 10.1 Å². The number of nitrogens with one attached hydrogen (secondary N) is 1. The van der Waals surface area contributed by atoms with Crippen molar-refractivity contribution in [3.63, 3.8) is 0 Å². The Hall–Kier alpha value is -1.65. The molecule has 1 aromatic heterocycles. The zero-order valence-corrected chi connectivity index (χ0v) is 15.0. The summed E-state index contributed by atoms with van der Waals surface area (Å²) in [6, 6.07) is 9.59. The largest absolute Gasteiger partial charge is 0.461 e. The van der Waals surface area contributed by atoms with E-state index in [2.05, 4.69) is 15.5 Å². The molecular formula is C14H15N3O4S3. The van der Waals surface area contributed by atoms with Crippen LogP contribution >= 0.6 is 23.1 Å². The number of anilines is 2. The van der Waals surface area contributed by atoms with Crippen molar-refractivity contribution in [2.24, 2.45) is 0 Å². The average molecular weight is 385 g/mol. The Morgan fingerprint density at radius 3 is 2.83 bits per heavy atom. The Kier molecular flexibility index (Phi) is 5.36. The van der Waals surface area contributed by atoms with Crippen LogP contribution in [0.2, 0.25) is 0 Å². The van der Waals surface area contributed by atoms with Crippen molar-refractivity contribution in [1.29, 1.82) is 0 Å². The molecular weight excluding hydrogens is 370 g/mol. The van der Waals surface area contributed by atoms with E-state index in [-0.39, 0.29) is 17.3 Å². The normalized spacial score (nSPS) is 19.1. The van der Waals surface area contributed by atoms with Gasteiger partial charge in [-0.2, -0.15) is 0 Å². The van der Waals surface area contributed by atoms with Crippen molar-refractivity contribution < 1.29 is 17.9 Å². The average Bonchev–Trinajstić information content (AvgIpc) is 3.12. The van der Waals surface area contributed by atoms with E-state index in [1.807, 2.05) is 30.3 Å². The minimum absolute atomic E-state index is 0.0760. The predicted molar refractivity (Wildman–Crippen MR) is 93.5 cm³/mol. The molecule has 128 valence electrons. The summed E-state index contributed by atoms with van der Waals surface area (Å²) >= 11 is 2.56. The number of aromatic nitrogens is 2. The van der Waals surface area contributed by atoms with Gasteiger partial charge in [0.1, 0.15) is 6.10 Å². The number of carbonyl (C=O) groups is 1. The van der Waals surface area contributed by atoms with Crippen LogP contribution in [0.4, 0.5) is 10.8 Å². The fourth-order valence-electron chi connectivity index (χ4n) is 2.16. The highest BCUT2D eigenvalue weighted by Crippen LogP contribution is 2.28. The van der Waals surface area contributed by atoms with E-state index in [4.69, 9.17) is 4.74 Å². The second-order valence-corrected chi connectivity index (χ2v) is 9.60. The van der Waals surface area contributed by atoms with Crippen molar-refractivity contribution in [3.05, 3.63) is 30.3 Å². The van der Waals surface area contributed by atoms with E-state index in [1.165, 1.54) is 23.1 Å². The third-order valence-corrected chi connectivity index (χ3v) is 6.92. The third-order valence-electron chi connectivity index (χ3n) is 3.23. The molecule has 2 heterocycles. The number of sulfone groups is 1. The number of rotatable bonds is 6. The van der Waals surface area contributed by atoms with Gasteiger partial charge >= 0.3 is 5.97 Å². The first-order chi connectivity index (χ1) is 11.5. The highest BCUT2D eigenvalue weighted by molar-refractivity contribution is 8.01. The molecule has 3 rings (SSSR count).